The predicted octanol–water partition coefficient (Wildman–Crippen LogP) is 3.00. The molecule has 0 aliphatic rings. The number of ether oxygens (including phenoxy) is 2. The van der Waals surface area contributed by atoms with Crippen LogP contribution in [0.25, 0.3) is 0 Å². The van der Waals surface area contributed by atoms with Crippen molar-refractivity contribution in [2.45, 2.75) is 65.2 Å². The van der Waals surface area contributed by atoms with Crippen LogP contribution in [0.5, 0.6) is 0 Å². The van der Waals surface area contributed by atoms with Crippen molar-refractivity contribution in [1.29, 1.82) is 0 Å². The van der Waals surface area contributed by atoms with E-state index in [4.69, 9.17) is 9.47 Å². The maximum absolute atomic E-state index is 13.3. The number of halogens is 1. The highest BCUT2D eigenvalue weighted by Crippen LogP contribution is 2.56. The maximum Gasteiger partial charge on any atom is 0.420 e. The molecule has 41 heavy (non-hydrogen) atoms. The van der Waals surface area contributed by atoms with Crippen LogP contribution in [0.2, 0.25) is 0 Å². The first-order valence-electron chi connectivity index (χ1n) is 13.3. The van der Waals surface area contributed by atoms with E-state index in [9.17, 15) is 19.5 Å². The number of hydrogen-bond donors (Lipinski definition) is 1. The average Bonchev–Trinajstić information content (AvgIpc) is 2.88. The van der Waals surface area contributed by atoms with Crippen molar-refractivity contribution >= 4 is 41.3 Å². The number of carbonyl (C=O) groups excluding carboxylic acids is 2. The second-order valence-electron chi connectivity index (χ2n) is 11.5. The lowest BCUT2D eigenvalue weighted by molar-refractivity contribution is -0.143. The minimum absolute atomic E-state index is 0. The number of imide groups is 1. The van der Waals surface area contributed by atoms with E-state index in [0.717, 1.165) is 15.9 Å². The fraction of sp³-hybridized carbons (Fsp3) is 0.344. The van der Waals surface area contributed by atoms with Crippen molar-refractivity contribution < 1.29 is 52.9 Å². The molecule has 0 saturated carbocycles. The fourth-order valence-corrected chi connectivity index (χ4v) is 8.86. The molecule has 0 spiro atoms. The normalized spacial score (nSPS) is 12.4. The number of hydrogen-bond acceptors (Lipinski definition) is 5. The highest BCUT2D eigenvalue weighted by atomic mass is 127. The Morgan fingerprint density at radius 1 is 0.683 bits per heavy atom. The highest BCUT2D eigenvalue weighted by Gasteiger charge is 2.48. The van der Waals surface area contributed by atoms with Crippen LogP contribution in [0.4, 0.5) is 9.59 Å². The molecule has 1 N–H and O–H groups in total. The lowest BCUT2D eigenvalue weighted by Crippen LogP contribution is -3.00. The first-order valence-corrected chi connectivity index (χ1v) is 15.2. The van der Waals surface area contributed by atoms with Crippen molar-refractivity contribution in [1.82, 2.24) is 4.90 Å². The molecule has 0 aromatic heterocycles. The Hall–Kier alpha value is -2.97. The Morgan fingerprint density at radius 3 is 1.27 bits per heavy atom. The van der Waals surface area contributed by atoms with Gasteiger partial charge in [0, 0.05) is 6.42 Å². The molecule has 0 heterocycles. The van der Waals surface area contributed by atoms with Gasteiger partial charge in [-0.15, -0.1) is 0 Å². The molecule has 7 nitrogen and oxygen atoms in total. The summed E-state index contributed by atoms with van der Waals surface area (Å²) in [6, 6.07) is 28.5. The quantitative estimate of drug-likeness (QED) is 0.289. The van der Waals surface area contributed by atoms with Crippen molar-refractivity contribution in [3.8, 4) is 0 Å². The van der Waals surface area contributed by atoms with Crippen LogP contribution in [0.15, 0.2) is 91.0 Å². The number of carboxylic acid groups (broad SMARTS) is 1. The van der Waals surface area contributed by atoms with Gasteiger partial charge in [0.15, 0.2) is 0 Å². The molecular weight excluding hydrogens is 652 g/mol. The third-order valence-corrected chi connectivity index (χ3v) is 10.6. The molecule has 220 valence electrons. The van der Waals surface area contributed by atoms with Gasteiger partial charge < -0.3 is 38.6 Å². The van der Waals surface area contributed by atoms with Crippen LogP contribution in [0.3, 0.4) is 0 Å². The Kier molecular flexibility index (Phi) is 11.9. The summed E-state index contributed by atoms with van der Waals surface area (Å²) in [5.41, 5.74) is -1.90. The van der Waals surface area contributed by atoms with E-state index in [1.165, 1.54) is 0 Å². The molecule has 0 aliphatic carbocycles. The summed E-state index contributed by atoms with van der Waals surface area (Å²) < 4.78 is 11.0. The first-order chi connectivity index (χ1) is 18.7. The summed E-state index contributed by atoms with van der Waals surface area (Å²) in [7, 11) is -2.42. The van der Waals surface area contributed by atoms with Crippen molar-refractivity contribution in [2.75, 3.05) is 6.16 Å². The molecule has 3 rings (SSSR count). The van der Waals surface area contributed by atoms with E-state index in [0.29, 0.717) is 11.1 Å². The van der Waals surface area contributed by atoms with Crippen LogP contribution < -0.4 is 39.9 Å². The lowest BCUT2D eigenvalue weighted by atomic mass is 10.2. The molecule has 0 bridgehead atoms. The van der Waals surface area contributed by atoms with Gasteiger partial charge in [0.1, 0.15) is 40.4 Å². The summed E-state index contributed by atoms with van der Waals surface area (Å²) >= 11 is 0. The average molecular weight is 692 g/mol. The van der Waals surface area contributed by atoms with Gasteiger partial charge in [-0.1, -0.05) is 54.6 Å². The van der Waals surface area contributed by atoms with Gasteiger partial charge in [-0.3, -0.25) is 0 Å². The van der Waals surface area contributed by atoms with E-state index in [1.807, 2.05) is 54.6 Å². The fourth-order valence-electron chi connectivity index (χ4n) is 4.51. The van der Waals surface area contributed by atoms with Gasteiger partial charge in [0.2, 0.25) is 0 Å². The summed E-state index contributed by atoms with van der Waals surface area (Å²) in [5.74, 6) is -1.32. The third kappa shape index (κ3) is 9.01. The zero-order chi connectivity index (χ0) is 29.6. The third-order valence-electron chi connectivity index (χ3n) is 6.11. The summed E-state index contributed by atoms with van der Waals surface area (Å²) in [4.78, 5) is 40.0. The van der Waals surface area contributed by atoms with E-state index in [1.54, 1.807) is 41.5 Å². The summed E-state index contributed by atoms with van der Waals surface area (Å²) in [6.45, 7) is 9.94. The summed E-state index contributed by atoms with van der Waals surface area (Å²) in [5, 5.41) is 13.6. The van der Waals surface area contributed by atoms with Crippen LogP contribution in [0.1, 0.15) is 48.0 Å². The maximum atomic E-state index is 13.3. The van der Waals surface area contributed by atoms with E-state index in [2.05, 4.69) is 36.4 Å². The van der Waals surface area contributed by atoms with Gasteiger partial charge in [0.25, 0.3) is 0 Å². The van der Waals surface area contributed by atoms with Crippen molar-refractivity contribution in [3.63, 3.8) is 0 Å². The molecule has 2 amide bonds. The number of aliphatic carboxylic acids is 1. The number of amides is 2. The Labute approximate surface area is 260 Å². The van der Waals surface area contributed by atoms with Gasteiger partial charge >= 0.3 is 18.2 Å². The second-order valence-corrected chi connectivity index (χ2v) is 15.1. The van der Waals surface area contributed by atoms with Crippen molar-refractivity contribution in [2.24, 2.45) is 0 Å². The molecule has 0 fully saturated rings. The van der Waals surface area contributed by atoms with E-state index in [-0.39, 0.29) is 30.4 Å². The van der Waals surface area contributed by atoms with Gasteiger partial charge in [-0.05, 0) is 77.9 Å². The van der Waals surface area contributed by atoms with Crippen LogP contribution in [-0.2, 0) is 14.3 Å². The largest absolute Gasteiger partial charge is 1.00 e. The van der Waals surface area contributed by atoms with Crippen LogP contribution in [0, 0.1) is 0 Å². The van der Waals surface area contributed by atoms with E-state index >= 15 is 0 Å². The minimum Gasteiger partial charge on any atom is -1.00 e. The monoisotopic (exact) mass is 691 g/mol. The number of carbonyl (C=O) groups is 3. The molecular formula is C32H39INO6P. The second kappa shape index (κ2) is 14.3. The summed E-state index contributed by atoms with van der Waals surface area (Å²) in [6.07, 6.45) is -1.75. The number of benzene rings is 3. The predicted molar refractivity (Wildman–Crippen MR) is 160 cm³/mol. The smallest absolute Gasteiger partial charge is 0.420 e. The molecule has 0 saturated heterocycles. The van der Waals surface area contributed by atoms with Crippen LogP contribution in [-0.4, -0.2) is 51.6 Å². The SMILES string of the molecule is CC(C)(C)OC(=O)N(C(=O)OC(C)(C)C)C(CC[P+](c1ccccc1)(c1ccccc1)c1ccccc1)C(=O)O.[I-]. The van der Waals surface area contributed by atoms with Crippen LogP contribution >= 0.6 is 7.26 Å². The zero-order valence-corrected chi connectivity index (χ0v) is 27.5. The number of carboxylic acids is 1. The van der Waals surface area contributed by atoms with Gasteiger partial charge in [-0.25, -0.2) is 14.4 Å². The lowest BCUT2D eigenvalue weighted by Gasteiger charge is -2.33. The molecule has 1 atom stereocenters. The Morgan fingerprint density at radius 2 is 1.00 bits per heavy atom. The highest BCUT2D eigenvalue weighted by molar-refractivity contribution is 7.95. The number of nitrogens with zero attached hydrogens (tertiary/aromatic N) is 1. The molecule has 3 aromatic rings. The standard InChI is InChI=1S/C32H38NO6P.HI/c1-31(2,3)38-29(36)33(30(37)39-32(4,5)6)27(28(34)35)22-23-40(24-16-10-7-11-17-24,25-18-12-8-13-19-25)26-20-14-9-15-21-26;/h7-21,27H,22-23H2,1-6H3;1H. The van der Waals surface area contributed by atoms with E-state index < -0.39 is 42.7 Å². The molecule has 3 aromatic carbocycles. The molecule has 1 unspecified atom stereocenters. The van der Waals surface area contributed by atoms with Gasteiger partial charge in [0.05, 0.1) is 6.16 Å². The molecule has 0 aliphatic heterocycles. The number of rotatable bonds is 8. The molecule has 0 radical (unpaired) electrons. The Bertz CT molecular complexity index is 1170. The Balaban J connectivity index is 0.00000588. The first kappa shape index (κ1) is 34.2. The van der Waals surface area contributed by atoms with Crippen molar-refractivity contribution in [3.05, 3.63) is 91.0 Å². The molecule has 9 heteroatoms. The van der Waals surface area contributed by atoms with Gasteiger partial charge in [-0.2, -0.15) is 4.90 Å². The minimum atomic E-state index is -2.42. The topological polar surface area (TPSA) is 93.1 Å². The zero-order valence-electron chi connectivity index (χ0n) is 24.4.